The van der Waals surface area contributed by atoms with Crippen LogP contribution in [-0.4, -0.2) is 12.3 Å². The van der Waals surface area contributed by atoms with Crippen molar-refractivity contribution in [2.75, 3.05) is 12.8 Å². The van der Waals surface area contributed by atoms with Crippen molar-refractivity contribution >= 4 is 17.5 Å². The zero-order chi connectivity index (χ0) is 12.4. The van der Waals surface area contributed by atoms with Crippen LogP contribution in [0.15, 0.2) is 22.9 Å². The van der Waals surface area contributed by atoms with Gasteiger partial charge in [0.15, 0.2) is 0 Å². The maximum Gasteiger partial charge on any atom is 0.230 e. The highest BCUT2D eigenvalue weighted by Crippen LogP contribution is 2.32. The zero-order valence-electron chi connectivity index (χ0n) is 9.04. The molecule has 0 saturated heterocycles. The van der Waals surface area contributed by atoms with Gasteiger partial charge in [-0.25, -0.2) is 4.39 Å². The molecule has 0 radical (unpaired) electrons. The number of hydrogen-bond donors (Lipinski definition) is 1. The van der Waals surface area contributed by atoms with Crippen molar-refractivity contribution in [2.24, 2.45) is 0 Å². The van der Waals surface area contributed by atoms with Gasteiger partial charge in [0.2, 0.25) is 5.88 Å². The lowest BCUT2D eigenvalue weighted by molar-refractivity contribution is 0.181. The summed E-state index contributed by atoms with van der Waals surface area (Å²) in [6.45, 7) is 0.130. The Morgan fingerprint density at radius 3 is 2.82 bits per heavy atom. The first-order valence-electron chi connectivity index (χ1n) is 4.81. The molecule has 0 aliphatic carbocycles. The summed E-state index contributed by atoms with van der Waals surface area (Å²) in [5.41, 5.74) is 6.53. The fraction of sp³-hybridized carbons (Fsp3) is 0.182. The lowest BCUT2D eigenvalue weighted by atomic mass is 10.0. The molecule has 0 fully saturated rings. The molecule has 17 heavy (non-hydrogen) atoms. The van der Waals surface area contributed by atoms with Gasteiger partial charge >= 0.3 is 0 Å². The van der Waals surface area contributed by atoms with Crippen LogP contribution in [0.3, 0.4) is 0 Å². The Hall–Kier alpha value is -1.59. The van der Waals surface area contributed by atoms with Gasteiger partial charge < -0.3 is 15.0 Å². The van der Waals surface area contributed by atoms with Crippen LogP contribution in [0.25, 0.3) is 11.1 Å². The number of nitrogens with zero attached hydrogens (tertiary/aromatic N) is 1. The normalized spacial score (nSPS) is 10.8. The molecule has 1 aromatic heterocycles. The highest BCUT2D eigenvalue weighted by molar-refractivity contribution is 6.31. The molecular formula is C11H10ClFN2O2. The van der Waals surface area contributed by atoms with Crippen LogP contribution in [0.4, 0.5) is 10.3 Å². The minimum atomic E-state index is -0.439. The summed E-state index contributed by atoms with van der Waals surface area (Å²) < 4.78 is 23.7. The van der Waals surface area contributed by atoms with Crippen LogP contribution in [-0.2, 0) is 11.3 Å². The molecule has 6 heteroatoms. The number of nitrogen functional groups attached to an aromatic ring is 1. The third kappa shape index (κ3) is 2.25. The molecule has 4 nitrogen and oxygen atoms in total. The summed E-state index contributed by atoms with van der Waals surface area (Å²) >= 11 is 5.91. The van der Waals surface area contributed by atoms with E-state index in [0.717, 1.165) is 0 Å². The van der Waals surface area contributed by atoms with Gasteiger partial charge in [-0.3, -0.25) is 0 Å². The molecule has 0 bridgehead atoms. The molecule has 0 unspecified atom stereocenters. The molecule has 0 spiro atoms. The van der Waals surface area contributed by atoms with Crippen molar-refractivity contribution < 1.29 is 13.7 Å². The summed E-state index contributed by atoms with van der Waals surface area (Å²) in [4.78, 5) is 0. The lowest BCUT2D eigenvalue weighted by Gasteiger charge is -2.07. The standard InChI is InChI=1S/C11H10ClFN2O2/c1-16-5-6-2-7(12)3-8(10(6)13)9-4-15-17-11(9)14/h2-4H,5,14H2,1H3. The summed E-state index contributed by atoms with van der Waals surface area (Å²) in [6.07, 6.45) is 1.35. The number of ether oxygens (including phenoxy) is 1. The molecule has 90 valence electrons. The largest absolute Gasteiger partial charge is 0.380 e. The quantitative estimate of drug-likeness (QED) is 0.917. The van der Waals surface area contributed by atoms with E-state index in [4.69, 9.17) is 26.6 Å². The Kier molecular flexibility index (Phi) is 3.31. The third-order valence-corrected chi connectivity index (χ3v) is 2.52. The molecule has 0 saturated carbocycles. The van der Waals surface area contributed by atoms with Gasteiger partial charge in [0.1, 0.15) is 5.82 Å². The molecule has 0 amide bonds. The average Bonchev–Trinajstić information content (AvgIpc) is 2.70. The Balaban J connectivity index is 2.58. The third-order valence-electron chi connectivity index (χ3n) is 2.30. The van der Waals surface area contributed by atoms with Gasteiger partial charge in [-0.05, 0) is 12.1 Å². The highest BCUT2D eigenvalue weighted by atomic mass is 35.5. The van der Waals surface area contributed by atoms with Crippen LogP contribution in [0.2, 0.25) is 5.02 Å². The van der Waals surface area contributed by atoms with Crippen LogP contribution in [0.5, 0.6) is 0 Å². The Bertz CT molecular complexity index is 542. The van der Waals surface area contributed by atoms with Crippen LogP contribution in [0, 0.1) is 5.82 Å². The molecule has 0 aliphatic heterocycles. The van der Waals surface area contributed by atoms with Crippen LogP contribution >= 0.6 is 11.6 Å². The van der Waals surface area contributed by atoms with E-state index in [1.165, 1.54) is 25.4 Å². The van der Waals surface area contributed by atoms with E-state index < -0.39 is 5.82 Å². The van der Waals surface area contributed by atoms with Gasteiger partial charge in [0.05, 0.1) is 18.4 Å². The number of nitrogens with two attached hydrogens (primary N) is 1. The fourth-order valence-electron chi connectivity index (χ4n) is 1.55. The Morgan fingerprint density at radius 2 is 2.24 bits per heavy atom. The van der Waals surface area contributed by atoms with Crippen LogP contribution < -0.4 is 5.73 Å². The van der Waals surface area contributed by atoms with E-state index in [1.807, 2.05) is 0 Å². The first-order chi connectivity index (χ1) is 8.13. The topological polar surface area (TPSA) is 61.3 Å². The van der Waals surface area contributed by atoms with Crippen molar-refractivity contribution in [3.8, 4) is 11.1 Å². The van der Waals surface area contributed by atoms with E-state index in [-0.39, 0.29) is 18.1 Å². The lowest BCUT2D eigenvalue weighted by Crippen LogP contribution is -1.96. The number of anilines is 1. The SMILES string of the molecule is COCc1cc(Cl)cc(-c2cnoc2N)c1F. The van der Waals surface area contributed by atoms with Crippen LogP contribution in [0.1, 0.15) is 5.56 Å². The number of methoxy groups -OCH3 is 1. The molecular weight excluding hydrogens is 247 g/mol. The van der Waals surface area contributed by atoms with E-state index in [2.05, 4.69) is 5.16 Å². The van der Waals surface area contributed by atoms with Crippen molar-refractivity contribution in [1.29, 1.82) is 0 Å². The summed E-state index contributed by atoms with van der Waals surface area (Å²) in [5.74, 6) is -0.388. The van der Waals surface area contributed by atoms with Crippen molar-refractivity contribution in [2.45, 2.75) is 6.61 Å². The predicted octanol–water partition coefficient (Wildman–Crippen LogP) is 2.86. The summed E-state index contributed by atoms with van der Waals surface area (Å²) in [5, 5.41) is 3.90. The molecule has 1 aromatic carbocycles. The van der Waals surface area contributed by atoms with E-state index in [9.17, 15) is 4.39 Å². The minimum Gasteiger partial charge on any atom is -0.380 e. The summed E-state index contributed by atoms with van der Waals surface area (Å²) in [6, 6.07) is 2.98. The van der Waals surface area contributed by atoms with E-state index in [1.54, 1.807) is 0 Å². The molecule has 0 atom stereocenters. The Morgan fingerprint density at radius 1 is 1.47 bits per heavy atom. The van der Waals surface area contributed by atoms with E-state index >= 15 is 0 Å². The van der Waals surface area contributed by atoms with Crippen molar-refractivity contribution in [3.63, 3.8) is 0 Å². The van der Waals surface area contributed by atoms with Gasteiger partial charge in [0.25, 0.3) is 0 Å². The zero-order valence-corrected chi connectivity index (χ0v) is 9.79. The second-order valence-electron chi connectivity index (χ2n) is 3.46. The second kappa shape index (κ2) is 4.73. The highest BCUT2D eigenvalue weighted by Gasteiger charge is 2.16. The number of hydrogen-bond acceptors (Lipinski definition) is 4. The first-order valence-corrected chi connectivity index (χ1v) is 5.18. The van der Waals surface area contributed by atoms with E-state index in [0.29, 0.717) is 16.1 Å². The molecule has 2 aromatic rings. The van der Waals surface area contributed by atoms with Gasteiger partial charge in [0, 0.05) is 23.3 Å². The monoisotopic (exact) mass is 256 g/mol. The number of benzene rings is 1. The molecule has 2 rings (SSSR count). The van der Waals surface area contributed by atoms with Gasteiger partial charge in [-0.15, -0.1) is 0 Å². The maximum absolute atomic E-state index is 14.1. The minimum absolute atomic E-state index is 0.0505. The molecule has 1 heterocycles. The van der Waals surface area contributed by atoms with Gasteiger partial charge in [-0.1, -0.05) is 16.8 Å². The van der Waals surface area contributed by atoms with Crippen molar-refractivity contribution in [3.05, 3.63) is 34.7 Å². The summed E-state index contributed by atoms with van der Waals surface area (Å²) in [7, 11) is 1.48. The first kappa shape index (κ1) is 11.9. The van der Waals surface area contributed by atoms with Gasteiger partial charge in [-0.2, -0.15) is 0 Å². The number of rotatable bonds is 3. The molecule has 0 aliphatic rings. The number of halogens is 2. The Labute approximate surface area is 102 Å². The number of aromatic nitrogens is 1. The second-order valence-corrected chi connectivity index (χ2v) is 3.90. The average molecular weight is 257 g/mol. The predicted molar refractivity (Wildman–Crippen MR) is 62.0 cm³/mol. The molecule has 2 N–H and O–H groups in total. The fourth-order valence-corrected chi connectivity index (χ4v) is 1.79. The van der Waals surface area contributed by atoms with Crippen molar-refractivity contribution in [1.82, 2.24) is 5.16 Å². The smallest absolute Gasteiger partial charge is 0.230 e. The maximum atomic E-state index is 14.1.